The number of hydrogen-bond acceptors (Lipinski definition) is 2. The lowest BCUT2D eigenvalue weighted by atomic mass is 10.2. The molecule has 0 atom stereocenters. The van der Waals surface area contributed by atoms with Gasteiger partial charge in [0, 0.05) is 4.47 Å². The van der Waals surface area contributed by atoms with E-state index in [-0.39, 0.29) is 12.2 Å². The number of nitrogens with zero attached hydrogens (tertiary/aromatic N) is 2. The number of benzene rings is 1. The Morgan fingerprint density at radius 3 is 2.39 bits per heavy atom. The van der Waals surface area contributed by atoms with Gasteiger partial charge in [0.05, 0.1) is 18.4 Å². The average Bonchev–Trinajstić information content (AvgIpc) is 2.63. The molecular weight excluding hydrogens is 311 g/mol. The zero-order valence-corrected chi connectivity index (χ0v) is 10.7. The zero-order chi connectivity index (χ0) is 13.3. The fourth-order valence-electron chi connectivity index (χ4n) is 1.59. The normalized spacial score (nSPS) is 11.8. The fraction of sp³-hybridized carbons (Fsp3) is 0.182. The maximum absolute atomic E-state index is 12.8. The van der Waals surface area contributed by atoms with Gasteiger partial charge in [-0.15, -0.1) is 0 Å². The first-order valence-corrected chi connectivity index (χ1v) is 5.80. The molecule has 0 amide bonds. The highest BCUT2D eigenvalue weighted by atomic mass is 79.9. The first kappa shape index (κ1) is 12.9. The number of rotatable bonds is 2. The summed E-state index contributed by atoms with van der Waals surface area (Å²) in [7, 11) is 0. The zero-order valence-electron chi connectivity index (χ0n) is 9.08. The molecule has 0 saturated heterocycles. The number of hydrogen-bond donors (Lipinski definition) is 1. The van der Waals surface area contributed by atoms with Crippen LogP contribution in [0, 0.1) is 0 Å². The molecule has 7 heteroatoms. The van der Waals surface area contributed by atoms with Gasteiger partial charge in [0.15, 0.2) is 5.69 Å². The number of nitrogen functional groups attached to an aromatic ring is 1. The summed E-state index contributed by atoms with van der Waals surface area (Å²) in [6.45, 7) is 0.0271. The maximum atomic E-state index is 12.8. The van der Waals surface area contributed by atoms with E-state index in [0.29, 0.717) is 5.56 Å². The first-order valence-electron chi connectivity index (χ1n) is 5.01. The van der Waals surface area contributed by atoms with Crippen LogP contribution in [-0.4, -0.2) is 9.78 Å². The highest BCUT2D eigenvalue weighted by Gasteiger charge is 2.37. The molecule has 1 heterocycles. The second kappa shape index (κ2) is 4.64. The van der Waals surface area contributed by atoms with Crippen LogP contribution in [0.2, 0.25) is 0 Å². The maximum Gasteiger partial charge on any atom is 0.435 e. The van der Waals surface area contributed by atoms with E-state index < -0.39 is 11.9 Å². The molecule has 96 valence electrons. The molecule has 3 nitrogen and oxygen atoms in total. The highest BCUT2D eigenvalue weighted by molar-refractivity contribution is 9.10. The quantitative estimate of drug-likeness (QED) is 0.923. The molecule has 1 aromatic heterocycles. The molecule has 0 radical (unpaired) electrons. The van der Waals surface area contributed by atoms with E-state index in [1.165, 1.54) is 0 Å². The van der Waals surface area contributed by atoms with Gasteiger partial charge in [-0.05, 0) is 17.7 Å². The smallest absolute Gasteiger partial charge is 0.396 e. The lowest BCUT2D eigenvalue weighted by Crippen LogP contribution is -2.16. The van der Waals surface area contributed by atoms with Crippen molar-refractivity contribution < 1.29 is 13.2 Å². The van der Waals surface area contributed by atoms with E-state index in [2.05, 4.69) is 21.0 Å². The molecule has 0 bridgehead atoms. The molecular formula is C11H9BrF3N3. The van der Waals surface area contributed by atoms with Gasteiger partial charge >= 0.3 is 6.18 Å². The van der Waals surface area contributed by atoms with Gasteiger partial charge in [-0.2, -0.15) is 18.3 Å². The molecule has 0 spiro atoms. The summed E-state index contributed by atoms with van der Waals surface area (Å²) in [5.74, 6) is 0. The molecule has 0 saturated carbocycles. The molecule has 2 aromatic rings. The number of nitrogens with two attached hydrogens (primary N) is 1. The number of anilines is 1. The van der Waals surface area contributed by atoms with E-state index in [0.717, 1.165) is 15.4 Å². The van der Waals surface area contributed by atoms with E-state index >= 15 is 0 Å². The van der Waals surface area contributed by atoms with Crippen molar-refractivity contribution in [3.05, 3.63) is 46.2 Å². The lowest BCUT2D eigenvalue weighted by molar-refractivity contribution is -0.143. The Balaban J connectivity index is 2.33. The summed E-state index contributed by atoms with van der Waals surface area (Å²) >= 11 is 3.26. The first-order chi connectivity index (χ1) is 8.38. The minimum absolute atomic E-state index is 0.0271. The standard InChI is InChI=1S/C11H9BrF3N3/c12-8-3-1-7(2-4-8)6-18-10(11(13,14)15)9(16)5-17-18/h1-5H,6,16H2. The van der Waals surface area contributed by atoms with Crippen LogP contribution >= 0.6 is 15.9 Å². The molecule has 0 fully saturated rings. The second-order valence-electron chi connectivity index (χ2n) is 3.73. The molecule has 0 aliphatic heterocycles. The third-order valence-electron chi connectivity index (χ3n) is 2.38. The van der Waals surface area contributed by atoms with Crippen LogP contribution in [0.25, 0.3) is 0 Å². The summed E-state index contributed by atoms with van der Waals surface area (Å²) in [5, 5.41) is 3.66. The number of halogens is 4. The molecule has 2 N–H and O–H groups in total. The van der Waals surface area contributed by atoms with E-state index in [9.17, 15) is 13.2 Å². The minimum Gasteiger partial charge on any atom is -0.396 e. The molecule has 18 heavy (non-hydrogen) atoms. The van der Waals surface area contributed by atoms with Crippen LogP contribution in [0.3, 0.4) is 0 Å². The third kappa shape index (κ3) is 2.66. The Morgan fingerprint density at radius 2 is 1.83 bits per heavy atom. The van der Waals surface area contributed by atoms with Crippen molar-refractivity contribution in [2.45, 2.75) is 12.7 Å². The SMILES string of the molecule is Nc1cnn(Cc2ccc(Br)cc2)c1C(F)(F)F. The monoisotopic (exact) mass is 319 g/mol. The second-order valence-corrected chi connectivity index (χ2v) is 4.65. The summed E-state index contributed by atoms with van der Waals surface area (Å²) in [4.78, 5) is 0. The van der Waals surface area contributed by atoms with Crippen molar-refractivity contribution in [2.24, 2.45) is 0 Å². The fourth-order valence-corrected chi connectivity index (χ4v) is 1.86. The molecule has 2 rings (SSSR count). The molecule has 0 aliphatic rings. The Kier molecular flexibility index (Phi) is 3.34. The largest absolute Gasteiger partial charge is 0.435 e. The van der Waals surface area contributed by atoms with Gasteiger partial charge in [-0.25, -0.2) is 0 Å². The number of alkyl halides is 3. The van der Waals surface area contributed by atoms with Crippen molar-refractivity contribution in [3.8, 4) is 0 Å². The van der Waals surface area contributed by atoms with Crippen molar-refractivity contribution in [1.82, 2.24) is 9.78 Å². The van der Waals surface area contributed by atoms with Gasteiger partial charge in [0.1, 0.15) is 0 Å². The summed E-state index contributed by atoms with van der Waals surface area (Å²) in [6.07, 6.45) is -3.49. The van der Waals surface area contributed by atoms with Gasteiger partial charge in [-0.3, -0.25) is 4.68 Å². The van der Waals surface area contributed by atoms with Crippen LogP contribution in [0.5, 0.6) is 0 Å². The Hall–Kier alpha value is -1.50. The average molecular weight is 320 g/mol. The Bertz CT molecular complexity index is 546. The highest BCUT2D eigenvalue weighted by Crippen LogP contribution is 2.33. The third-order valence-corrected chi connectivity index (χ3v) is 2.91. The summed E-state index contributed by atoms with van der Waals surface area (Å²) < 4.78 is 40.0. The molecule has 0 aliphatic carbocycles. The minimum atomic E-state index is -4.50. The van der Waals surface area contributed by atoms with Crippen LogP contribution < -0.4 is 5.73 Å². The molecule has 0 unspecified atom stereocenters. The van der Waals surface area contributed by atoms with Crippen LogP contribution in [-0.2, 0) is 12.7 Å². The van der Waals surface area contributed by atoms with Gasteiger partial charge in [0.25, 0.3) is 0 Å². The summed E-state index contributed by atoms with van der Waals surface area (Å²) in [5.41, 5.74) is 4.74. The predicted molar refractivity (Wildman–Crippen MR) is 64.9 cm³/mol. The Labute approximate surface area is 110 Å². The van der Waals surface area contributed by atoms with Gasteiger partial charge in [-0.1, -0.05) is 28.1 Å². The topological polar surface area (TPSA) is 43.8 Å². The summed E-state index contributed by atoms with van der Waals surface area (Å²) in [6, 6.07) is 6.97. The van der Waals surface area contributed by atoms with Gasteiger partial charge in [0.2, 0.25) is 0 Å². The Morgan fingerprint density at radius 1 is 1.22 bits per heavy atom. The van der Waals surface area contributed by atoms with Crippen LogP contribution in [0.4, 0.5) is 18.9 Å². The number of aromatic nitrogens is 2. The van der Waals surface area contributed by atoms with E-state index in [1.807, 2.05) is 0 Å². The molecule has 1 aromatic carbocycles. The van der Waals surface area contributed by atoms with Gasteiger partial charge < -0.3 is 5.73 Å². The van der Waals surface area contributed by atoms with Crippen molar-refractivity contribution in [2.75, 3.05) is 5.73 Å². The van der Waals surface area contributed by atoms with E-state index in [1.54, 1.807) is 24.3 Å². The lowest BCUT2D eigenvalue weighted by Gasteiger charge is -2.11. The van der Waals surface area contributed by atoms with Crippen LogP contribution in [0.1, 0.15) is 11.3 Å². The van der Waals surface area contributed by atoms with Crippen molar-refractivity contribution in [3.63, 3.8) is 0 Å². The van der Waals surface area contributed by atoms with Crippen molar-refractivity contribution in [1.29, 1.82) is 0 Å². The predicted octanol–water partition coefficient (Wildman–Crippen LogP) is 3.29. The van der Waals surface area contributed by atoms with Crippen LogP contribution in [0.15, 0.2) is 34.9 Å². The van der Waals surface area contributed by atoms with E-state index in [4.69, 9.17) is 5.73 Å². The van der Waals surface area contributed by atoms with Crippen molar-refractivity contribution >= 4 is 21.6 Å².